The number of amides is 2. The van der Waals surface area contributed by atoms with Crippen molar-refractivity contribution in [2.75, 3.05) is 6.61 Å². The van der Waals surface area contributed by atoms with E-state index in [9.17, 15) is 14.9 Å². The number of nitrogens with zero attached hydrogens (tertiary/aromatic N) is 4. The molecule has 1 aromatic heterocycles. The van der Waals surface area contributed by atoms with Crippen molar-refractivity contribution in [1.82, 2.24) is 14.7 Å². The summed E-state index contributed by atoms with van der Waals surface area (Å²) in [6.07, 6.45) is 4.47. The van der Waals surface area contributed by atoms with E-state index in [2.05, 4.69) is 6.92 Å². The van der Waals surface area contributed by atoms with Crippen molar-refractivity contribution >= 4 is 17.9 Å². The molecule has 41 heavy (non-hydrogen) atoms. The number of ether oxygens (including phenoxy) is 1. The quantitative estimate of drug-likeness (QED) is 0.183. The molecule has 1 unspecified atom stereocenters. The van der Waals surface area contributed by atoms with Crippen LogP contribution < -0.4 is 4.74 Å². The van der Waals surface area contributed by atoms with Gasteiger partial charge in [0.15, 0.2) is 0 Å². The van der Waals surface area contributed by atoms with E-state index in [0.29, 0.717) is 23.4 Å². The molecule has 1 aliphatic rings. The van der Waals surface area contributed by atoms with Crippen LogP contribution in [0.2, 0.25) is 0 Å². The van der Waals surface area contributed by atoms with E-state index >= 15 is 0 Å². The normalized spacial score (nSPS) is 15.3. The number of imide groups is 1. The summed E-state index contributed by atoms with van der Waals surface area (Å²) in [5, 5.41) is 14.8. The molecular weight excluding hydrogens is 512 g/mol. The van der Waals surface area contributed by atoms with Crippen LogP contribution in [0.25, 0.3) is 23.0 Å². The third-order valence-corrected chi connectivity index (χ3v) is 7.09. The topological polar surface area (TPSA) is 88.2 Å². The maximum absolute atomic E-state index is 14.0. The Labute approximate surface area is 239 Å². The van der Waals surface area contributed by atoms with Gasteiger partial charge in [-0.15, -0.1) is 0 Å². The number of aromatic nitrogens is 2. The molecule has 0 radical (unpaired) electrons. The first-order valence-corrected chi connectivity index (χ1v) is 13.6. The van der Waals surface area contributed by atoms with Crippen molar-refractivity contribution in [3.63, 3.8) is 0 Å². The van der Waals surface area contributed by atoms with Gasteiger partial charge in [0.05, 0.1) is 18.3 Å². The molecule has 1 aliphatic heterocycles. The van der Waals surface area contributed by atoms with Crippen LogP contribution in [0.15, 0.2) is 108 Å². The van der Waals surface area contributed by atoms with Gasteiger partial charge in [0.1, 0.15) is 23.1 Å². The Balaban J connectivity index is 1.66. The van der Waals surface area contributed by atoms with E-state index in [1.807, 2.05) is 97.2 Å². The lowest BCUT2D eigenvalue weighted by Crippen LogP contribution is -2.44. The van der Waals surface area contributed by atoms with Crippen molar-refractivity contribution in [3.8, 4) is 28.8 Å². The van der Waals surface area contributed by atoms with Crippen LogP contribution in [0.5, 0.6) is 5.75 Å². The van der Waals surface area contributed by atoms with Crippen LogP contribution in [-0.4, -0.2) is 33.1 Å². The molecule has 0 fully saturated rings. The molecule has 5 rings (SSSR count). The summed E-state index contributed by atoms with van der Waals surface area (Å²) >= 11 is 0. The van der Waals surface area contributed by atoms with Crippen LogP contribution in [0.3, 0.4) is 0 Å². The molecule has 0 spiro atoms. The average Bonchev–Trinajstić information content (AvgIpc) is 3.43. The Morgan fingerprint density at radius 1 is 0.976 bits per heavy atom. The molecule has 2 amide bonds. The van der Waals surface area contributed by atoms with Crippen molar-refractivity contribution in [1.29, 1.82) is 5.26 Å². The SMILES string of the molecule is CCCOc1cccc(-c2nn(-c3ccccc3)cc2/C=C2/C(=O)N(C(C)c3ccccc3)C(=O)C(C#N)=C2C)c1. The Morgan fingerprint density at radius 3 is 2.37 bits per heavy atom. The number of rotatable bonds is 8. The van der Waals surface area contributed by atoms with Gasteiger partial charge in [0.2, 0.25) is 0 Å². The zero-order valence-corrected chi connectivity index (χ0v) is 23.2. The fourth-order valence-electron chi connectivity index (χ4n) is 4.87. The molecular formula is C34H30N4O3. The van der Waals surface area contributed by atoms with Gasteiger partial charge in [-0.05, 0) is 61.7 Å². The molecule has 0 N–H and O–H groups in total. The minimum Gasteiger partial charge on any atom is -0.494 e. The predicted molar refractivity (Wildman–Crippen MR) is 158 cm³/mol. The first kappa shape index (κ1) is 27.4. The molecule has 4 aromatic rings. The summed E-state index contributed by atoms with van der Waals surface area (Å²) in [6.45, 7) is 6.08. The second-order valence-corrected chi connectivity index (χ2v) is 9.83. The minimum atomic E-state index is -0.593. The van der Waals surface area contributed by atoms with Crippen LogP contribution in [0, 0.1) is 11.3 Å². The summed E-state index contributed by atoms with van der Waals surface area (Å²) in [7, 11) is 0. The average molecular weight is 543 g/mol. The molecule has 0 bridgehead atoms. The first-order chi connectivity index (χ1) is 19.9. The Morgan fingerprint density at radius 2 is 1.68 bits per heavy atom. The van der Waals surface area contributed by atoms with Crippen molar-refractivity contribution < 1.29 is 14.3 Å². The lowest BCUT2D eigenvalue weighted by Gasteiger charge is -2.32. The first-order valence-electron chi connectivity index (χ1n) is 13.6. The molecule has 0 saturated heterocycles. The monoisotopic (exact) mass is 542 g/mol. The molecule has 0 saturated carbocycles. The van der Waals surface area contributed by atoms with Gasteiger partial charge in [-0.3, -0.25) is 14.5 Å². The molecule has 3 aromatic carbocycles. The second kappa shape index (κ2) is 11.9. The van der Waals surface area contributed by atoms with Gasteiger partial charge in [-0.25, -0.2) is 4.68 Å². The highest BCUT2D eigenvalue weighted by atomic mass is 16.5. The molecule has 1 atom stereocenters. The largest absolute Gasteiger partial charge is 0.494 e. The summed E-state index contributed by atoms with van der Waals surface area (Å²) in [5.41, 5.74) is 4.35. The second-order valence-electron chi connectivity index (χ2n) is 9.83. The van der Waals surface area contributed by atoms with E-state index in [1.165, 1.54) is 4.90 Å². The van der Waals surface area contributed by atoms with Crippen molar-refractivity contribution in [2.24, 2.45) is 0 Å². The molecule has 2 heterocycles. The van der Waals surface area contributed by atoms with Gasteiger partial charge >= 0.3 is 0 Å². The summed E-state index contributed by atoms with van der Waals surface area (Å²) in [4.78, 5) is 28.5. The van der Waals surface area contributed by atoms with Crippen LogP contribution in [0.4, 0.5) is 0 Å². The minimum absolute atomic E-state index is 0.0504. The van der Waals surface area contributed by atoms with E-state index < -0.39 is 17.9 Å². The molecule has 0 aliphatic carbocycles. The molecule has 7 nitrogen and oxygen atoms in total. The Kier molecular flexibility index (Phi) is 7.93. The third-order valence-electron chi connectivity index (χ3n) is 7.09. The number of hydrogen-bond acceptors (Lipinski definition) is 5. The fourth-order valence-corrected chi connectivity index (χ4v) is 4.87. The van der Waals surface area contributed by atoms with Gasteiger partial charge in [0, 0.05) is 22.9 Å². The number of para-hydroxylation sites is 1. The highest BCUT2D eigenvalue weighted by Gasteiger charge is 2.38. The Hall–Kier alpha value is -5.22. The van der Waals surface area contributed by atoms with Crippen LogP contribution >= 0.6 is 0 Å². The number of carbonyl (C=O) groups is 2. The highest BCUT2D eigenvalue weighted by Crippen LogP contribution is 2.35. The summed E-state index contributed by atoms with van der Waals surface area (Å²) in [5.74, 6) is -0.326. The summed E-state index contributed by atoms with van der Waals surface area (Å²) < 4.78 is 7.62. The smallest absolute Gasteiger partial charge is 0.272 e. The van der Waals surface area contributed by atoms with E-state index in [4.69, 9.17) is 9.84 Å². The number of benzene rings is 3. The lowest BCUT2D eigenvalue weighted by atomic mass is 9.91. The van der Waals surface area contributed by atoms with Crippen molar-refractivity contribution in [2.45, 2.75) is 33.2 Å². The summed E-state index contributed by atoms with van der Waals surface area (Å²) in [6, 6.07) is 28.2. The van der Waals surface area contributed by atoms with E-state index in [-0.39, 0.29) is 11.1 Å². The number of nitriles is 1. The van der Waals surface area contributed by atoms with E-state index in [0.717, 1.165) is 29.0 Å². The van der Waals surface area contributed by atoms with Gasteiger partial charge in [-0.1, -0.05) is 67.6 Å². The predicted octanol–water partition coefficient (Wildman–Crippen LogP) is 6.68. The van der Waals surface area contributed by atoms with Crippen LogP contribution in [0.1, 0.15) is 44.4 Å². The Bertz CT molecular complexity index is 1690. The number of carbonyl (C=O) groups excluding carboxylic acids is 2. The van der Waals surface area contributed by atoms with Crippen molar-refractivity contribution in [3.05, 3.63) is 119 Å². The maximum Gasteiger partial charge on any atom is 0.272 e. The standard InChI is InChI=1S/C34H30N4O3/c1-4-18-41-29-17-11-14-26(19-29)32-27(22-37(36-32)28-15-9-6-10-16-28)20-30-23(2)31(21-35)34(40)38(33(30)39)24(3)25-12-7-5-8-13-25/h5-17,19-20,22,24H,4,18H2,1-3H3/b30-20+. The molecule has 204 valence electrons. The highest BCUT2D eigenvalue weighted by molar-refractivity contribution is 6.20. The lowest BCUT2D eigenvalue weighted by molar-refractivity contribution is -0.143. The maximum atomic E-state index is 14.0. The van der Waals surface area contributed by atoms with Gasteiger partial charge in [0.25, 0.3) is 11.8 Å². The number of hydrogen-bond donors (Lipinski definition) is 0. The third kappa shape index (κ3) is 5.45. The zero-order valence-electron chi connectivity index (χ0n) is 23.2. The van der Waals surface area contributed by atoms with E-state index in [1.54, 1.807) is 24.6 Å². The van der Waals surface area contributed by atoms with Crippen LogP contribution in [-0.2, 0) is 9.59 Å². The molecule has 7 heteroatoms. The van der Waals surface area contributed by atoms with Gasteiger partial charge in [-0.2, -0.15) is 10.4 Å². The fraction of sp³-hybridized carbons (Fsp3) is 0.176. The van der Waals surface area contributed by atoms with Gasteiger partial charge < -0.3 is 4.74 Å². The zero-order chi connectivity index (χ0) is 28.9.